The van der Waals surface area contributed by atoms with Gasteiger partial charge < -0.3 is 4.74 Å². The number of carbonyl (C=O) groups is 1. The van der Waals surface area contributed by atoms with Gasteiger partial charge in [0.05, 0.1) is 6.61 Å². The molecule has 18 heavy (non-hydrogen) atoms. The Morgan fingerprint density at radius 2 is 2.33 bits per heavy atom. The molecule has 5 heteroatoms. The van der Waals surface area contributed by atoms with Crippen LogP contribution in [0.4, 0.5) is 0 Å². The molecule has 1 aliphatic heterocycles. The van der Waals surface area contributed by atoms with Crippen molar-refractivity contribution in [2.24, 2.45) is 4.99 Å². The van der Waals surface area contributed by atoms with Crippen molar-refractivity contribution >= 4 is 39.1 Å². The fourth-order valence-corrected chi connectivity index (χ4v) is 2.76. The Hall–Kier alpha value is -1.20. The first-order valence-electron chi connectivity index (χ1n) is 5.52. The second-order valence-electron chi connectivity index (χ2n) is 3.51. The Bertz CT molecular complexity index is 523. The van der Waals surface area contributed by atoms with Gasteiger partial charge >= 0.3 is 0 Å². The third-order valence-corrected chi connectivity index (χ3v) is 4.10. The minimum absolute atomic E-state index is 0.00108. The summed E-state index contributed by atoms with van der Waals surface area (Å²) in [5, 5.41) is 0.00108. The van der Waals surface area contributed by atoms with Crippen LogP contribution in [0.1, 0.15) is 12.5 Å². The van der Waals surface area contributed by atoms with Crippen LogP contribution in [0.3, 0.4) is 0 Å². The summed E-state index contributed by atoms with van der Waals surface area (Å²) >= 11 is 2.67. The maximum atomic E-state index is 11.7. The summed E-state index contributed by atoms with van der Waals surface area (Å²) in [5.41, 5.74) is 1.43. The summed E-state index contributed by atoms with van der Waals surface area (Å²) in [4.78, 5) is 16.0. The van der Waals surface area contributed by atoms with E-state index >= 15 is 0 Å². The number of thioether (sulfide) groups is 2. The molecule has 0 radical (unpaired) electrons. The Morgan fingerprint density at radius 3 is 3.00 bits per heavy atom. The fraction of sp³-hybridized carbons (Fsp3) is 0.231. The third-order valence-electron chi connectivity index (χ3n) is 2.25. The number of rotatable bonds is 3. The monoisotopic (exact) mass is 279 g/mol. The highest BCUT2D eigenvalue weighted by molar-refractivity contribution is 8.45. The zero-order chi connectivity index (χ0) is 13.0. The van der Waals surface area contributed by atoms with Crippen LogP contribution in [0.2, 0.25) is 0 Å². The molecular weight excluding hydrogens is 266 g/mol. The Kier molecular flexibility index (Phi) is 4.49. The van der Waals surface area contributed by atoms with Gasteiger partial charge in [0.15, 0.2) is 0 Å². The number of carbonyl (C=O) groups excluding carboxylic acids is 1. The van der Waals surface area contributed by atoms with Gasteiger partial charge in [-0.2, -0.15) is 0 Å². The smallest absolute Gasteiger partial charge is 0.244 e. The van der Waals surface area contributed by atoms with Crippen molar-refractivity contribution in [1.29, 1.82) is 0 Å². The van der Waals surface area contributed by atoms with Crippen molar-refractivity contribution in [2.75, 3.05) is 12.9 Å². The number of hydrogen-bond acceptors (Lipinski definition) is 5. The van der Waals surface area contributed by atoms with E-state index in [-0.39, 0.29) is 5.12 Å². The van der Waals surface area contributed by atoms with E-state index < -0.39 is 0 Å². The summed E-state index contributed by atoms with van der Waals surface area (Å²) in [6.45, 7) is 2.57. The van der Waals surface area contributed by atoms with E-state index in [1.807, 2.05) is 37.4 Å². The van der Waals surface area contributed by atoms with E-state index in [0.29, 0.717) is 12.3 Å². The summed E-state index contributed by atoms with van der Waals surface area (Å²) in [5.74, 6) is 0.805. The molecule has 1 aromatic rings. The van der Waals surface area contributed by atoms with Crippen LogP contribution in [-0.4, -0.2) is 22.4 Å². The molecule has 0 spiro atoms. The Morgan fingerprint density at radius 1 is 1.50 bits per heavy atom. The van der Waals surface area contributed by atoms with Gasteiger partial charge in [-0.05, 0) is 48.7 Å². The van der Waals surface area contributed by atoms with E-state index in [1.165, 1.54) is 23.5 Å². The maximum Gasteiger partial charge on any atom is 0.244 e. The Balaban J connectivity index is 2.25. The van der Waals surface area contributed by atoms with Crippen molar-refractivity contribution in [3.8, 4) is 5.75 Å². The highest BCUT2D eigenvalue weighted by Crippen LogP contribution is 2.30. The average Bonchev–Trinajstić information content (AvgIpc) is 2.71. The lowest BCUT2D eigenvalue weighted by atomic mass is 10.2. The molecule has 0 N–H and O–H groups in total. The number of aliphatic imine (C=N–C) groups is 1. The SMILES string of the molecule is CCOc1cccc(/C=C2/N=C(SC)SC2=O)c1. The first kappa shape index (κ1) is 13.2. The van der Waals surface area contributed by atoms with Crippen molar-refractivity contribution in [2.45, 2.75) is 6.92 Å². The predicted octanol–water partition coefficient (Wildman–Crippen LogP) is 3.42. The molecule has 3 nitrogen and oxygen atoms in total. The summed E-state index contributed by atoms with van der Waals surface area (Å²) in [6.07, 6.45) is 3.71. The minimum atomic E-state index is 0.00108. The second kappa shape index (κ2) is 6.11. The molecule has 0 aromatic heterocycles. The van der Waals surface area contributed by atoms with Gasteiger partial charge in [-0.3, -0.25) is 4.79 Å². The van der Waals surface area contributed by atoms with Gasteiger partial charge in [0, 0.05) is 0 Å². The minimum Gasteiger partial charge on any atom is -0.494 e. The first-order chi connectivity index (χ1) is 8.72. The van der Waals surface area contributed by atoms with Gasteiger partial charge in [0.1, 0.15) is 15.8 Å². The molecule has 0 saturated heterocycles. The molecule has 1 aliphatic rings. The molecule has 0 bridgehead atoms. The number of benzene rings is 1. The largest absolute Gasteiger partial charge is 0.494 e. The van der Waals surface area contributed by atoms with Gasteiger partial charge in [0.2, 0.25) is 5.12 Å². The average molecular weight is 279 g/mol. The van der Waals surface area contributed by atoms with E-state index in [0.717, 1.165) is 15.7 Å². The van der Waals surface area contributed by atoms with E-state index in [2.05, 4.69) is 4.99 Å². The molecule has 0 unspecified atom stereocenters. The van der Waals surface area contributed by atoms with Crippen LogP contribution in [0, 0.1) is 0 Å². The Labute approximate surface area is 115 Å². The quantitative estimate of drug-likeness (QED) is 0.795. The predicted molar refractivity (Wildman–Crippen MR) is 79.1 cm³/mol. The van der Waals surface area contributed by atoms with Gasteiger partial charge in [0.25, 0.3) is 0 Å². The molecule has 1 aromatic carbocycles. The summed E-state index contributed by atoms with van der Waals surface area (Å²) in [7, 11) is 0. The highest BCUT2D eigenvalue weighted by Gasteiger charge is 2.21. The second-order valence-corrected chi connectivity index (χ2v) is 5.52. The van der Waals surface area contributed by atoms with Crippen LogP contribution >= 0.6 is 23.5 Å². The van der Waals surface area contributed by atoms with Gasteiger partial charge in [-0.25, -0.2) is 4.99 Å². The summed E-state index contributed by atoms with van der Waals surface area (Å²) in [6, 6.07) is 7.64. The van der Waals surface area contributed by atoms with E-state index in [4.69, 9.17) is 4.74 Å². The molecule has 2 rings (SSSR count). The van der Waals surface area contributed by atoms with Crippen molar-refractivity contribution in [3.63, 3.8) is 0 Å². The zero-order valence-electron chi connectivity index (χ0n) is 10.2. The molecular formula is C13H13NO2S2. The van der Waals surface area contributed by atoms with Gasteiger partial charge in [-0.15, -0.1) is 11.8 Å². The van der Waals surface area contributed by atoms with Crippen molar-refractivity contribution < 1.29 is 9.53 Å². The number of ether oxygens (including phenoxy) is 1. The third kappa shape index (κ3) is 3.17. The lowest BCUT2D eigenvalue weighted by Gasteiger charge is -2.03. The normalized spacial score (nSPS) is 17.1. The standard InChI is InChI=1S/C13H13NO2S2/c1-3-16-10-6-4-5-9(7-10)8-11-12(15)18-13(14-11)17-2/h4-8H,3H2,1-2H3/b11-8+. The zero-order valence-corrected chi connectivity index (χ0v) is 11.8. The lowest BCUT2D eigenvalue weighted by molar-refractivity contribution is -0.107. The molecule has 0 aliphatic carbocycles. The van der Waals surface area contributed by atoms with Crippen LogP contribution in [0.25, 0.3) is 6.08 Å². The van der Waals surface area contributed by atoms with E-state index in [1.54, 1.807) is 6.08 Å². The fourth-order valence-electron chi connectivity index (χ4n) is 1.50. The number of nitrogens with zero attached hydrogens (tertiary/aromatic N) is 1. The maximum absolute atomic E-state index is 11.7. The van der Waals surface area contributed by atoms with Crippen molar-refractivity contribution in [1.82, 2.24) is 0 Å². The molecule has 0 fully saturated rings. The molecule has 1 heterocycles. The molecule has 0 saturated carbocycles. The summed E-state index contributed by atoms with van der Waals surface area (Å²) < 4.78 is 6.22. The molecule has 0 amide bonds. The lowest BCUT2D eigenvalue weighted by Crippen LogP contribution is -1.92. The number of hydrogen-bond donors (Lipinski definition) is 0. The van der Waals surface area contributed by atoms with E-state index in [9.17, 15) is 4.79 Å². The van der Waals surface area contributed by atoms with Crippen LogP contribution in [0.15, 0.2) is 35.0 Å². The van der Waals surface area contributed by atoms with Gasteiger partial charge in [-0.1, -0.05) is 12.1 Å². The highest BCUT2D eigenvalue weighted by atomic mass is 32.2. The molecule has 0 atom stereocenters. The molecule has 94 valence electrons. The first-order valence-corrected chi connectivity index (χ1v) is 7.56. The van der Waals surface area contributed by atoms with Crippen molar-refractivity contribution in [3.05, 3.63) is 35.5 Å². The van der Waals surface area contributed by atoms with Crippen LogP contribution < -0.4 is 4.74 Å². The van der Waals surface area contributed by atoms with Crippen LogP contribution in [-0.2, 0) is 4.79 Å². The van der Waals surface area contributed by atoms with Crippen LogP contribution in [0.5, 0.6) is 5.75 Å². The topological polar surface area (TPSA) is 38.7 Å².